The molecule has 0 saturated carbocycles. The van der Waals surface area contributed by atoms with Gasteiger partial charge in [-0.25, -0.2) is 0 Å². The molecule has 1 aliphatic heterocycles. The van der Waals surface area contributed by atoms with E-state index in [1.54, 1.807) is 6.07 Å². The molecule has 7 nitrogen and oxygen atoms in total. The Balaban J connectivity index is 1.24. The van der Waals surface area contributed by atoms with Crippen molar-refractivity contribution in [3.8, 4) is 0 Å². The summed E-state index contributed by atoms with van der Waals surface area (Å²) < 4.78 is 5.69. The number of nitrogens with one attached hydrogen (secondary N) is 2. The summed E-state index contributed by atoms with van der Waals surface area (Å²) in [5, 5.41) is 9.42. The molecule has 1 fully saturated rings. The van der Waals surface area contributed by atoms with Gasteiger partial charge in [-0.15, -0.1) is 0 Å². The molecule has 1 saturated heterocycles. The highest BCUT2D eigenvalue weighted by molar-refractivity contribution is 6.31. The number of carbonyl (C=O) groups excluding carboxylic acids is 2. The van der Waals surface area contributed by atoms with Gasteiger partial charge in [0.25, 0.3) is 0 Å². The fraction of sp³-hybridized carbons (Fsp3) is 0.294. The first-order chi connectivity index (χ1) is 20.5. The maximum absolute atomic E-state index is 13.9. The number of piperazine rings is 1. The van der Waals surface area contributed by atoms with Crippen molar-refractivity contribution in [3.63, 3.8) is 0 Å². The van der Waals surface area contributed by atoms with Crippen LogP contribution in [0.15, 0.2) is 97.1 Å². The Labute approximate surface area is 252 Å². The molecule has 218 valence electrons. The first kappa shape index (κ1) is 29.7. The number of halogens is 1. The molecule has 0 aromatic heterocycles. The van der Waals surface area contributed by atoms with Gasteiger partial charge in [-0.1, -0.05) is 103 Å². The predicted molar refractivity (Wildman–Crippen MR) is 167 cm³/mol. The minimum absolute atomic E-state index is 0.0369. The highest BCUT2D eigenvalue weighted by Crippen LogP contribution is 2.20. The Hall–Kier alpha value is -3.75. The van der Waals surface area contributed by atoms with Crippen LogP contribution in [0.5, 0.6) is 0 Å². The van der Waals surface area contributed by atoms with E-state index >= 15 is 0 Å². The lowest BCUT2D eigenvalue weighted by Gasteiger charge is -2.36. The number of rotatable bonds is 11. The van der Waals surface area contributed by atoms with Gasteiger partial charge in [0.15, 0.2) is 0 Å². The van der Waals surface area contributed by atoms with E-state index in [1.165, 1.54) is 16.3 Å². The lowest BCUT2D eigenvalue weighted by molar-refractivity contribution is -0.138. The summed E-state index contributed by atoms with van der Waals surface area (Å²) in [6.45, 7) is 2.14. The Morgan fingerprint density at radius 1 is 0.952 bits per heavy atom. The summed E-state index contributed by atoms with van der Waals surface area (Å²) in [6.07, 6.45) is 1.06. The maximum atomic E-state index is 13.9. The SMILES string of the molecule is NC(COCc1ccccc1)C(=O)N[C@H](Cc1ccccc1Cl)C(=O)N1CCNC(Cc2ccc3ccccc3c2)C1. The van der Waals surface area contributed by atoms with Crippen LogP contribution in [0, 0.1) is 0 Å². The summed E-state index contributed by atoms with van der Waals surface area (Å²) in [6, 6.07) is 30.2. The molecule has 0 aliphatic carbocycles. The van der Waals surface area contributed by atoms with Crippen LogP contribution in [0.2, 0.25) is 5.02 Å². The van der Waals surface area contributed by atoms with Crippen molar-refractivity contribution in [1.29, 1.82) is 0 Å². The summed E-state index contributed by atoms with van der Waals surface area (Å²) in [4.78, 5) is 28.9. The van der Waals surface area contributed by atoms with Crippen molar-refractivity contribution in [1.82, 2.24) is 15.5 Å². The molecule has 5 rings (SSSR count). The fourth-order valence-corrected chi connectivity index (χ4v) is 5.56. The van der Waals surface area contributed by atoms with Crippen LogP contribution in [0.1, 0.15) is 16.7 Å². The number of nitrogens with zero attached hydrogens (tertiary/aromatic N) is 1. The van der Waals surface area contributed by atoms with Crippen LogP contribution in [0.25, 0.3) is 10.8 Å². The molecule has 42 heavy (non-hydrogen) atoms. The predicted octanol–water partition coefficient (Wildman–Crippen LogP) is 4.11. The van der Waals surface area contributed by atoms with Crippen molar-refractivity contribution in [3.05, 3.63) is 119 Å². The summed E-state index contributed by atoms with van der Waals surface area (Å²) >= 11 is 6.45. The molecule has 2 unspecified atom stereocenters. The second-order valence-electron chi connectivity index (χ2n) is 10.8. The Kier molecular flexibility index (Phi) is 10.2. The lowest BCUT2D eigenvalue weighted by atomic mass is 9.99. The Bertz CT molecular complexity index is 1500. The number of carbonyl (C=O) groups is 2. The van der Waals surface area contributed by atoms with E-state index in [9.17, 15) is 9.59 Å². The van der Waals surface area contributed by atoms with Crippen LogP contribution in [0.4, 0.5) is 0 Å². The highest BCUT2D eigenvalue weighted by Gasteiger charge is 2.31. The van der Waals surface area contributed by atoms with E-state index in [-0.39, 0.29) is 25.0 Å². The number of hydrogen-bond acceptors (Lipinski definition) is 5. The third-order valence-electron chi connectivity index (χ3n) is 7.61. The van der Waals surface area contributed by atoms with E-state index in [4.69, 9.17) is 22.1 Å². The summed E-state index contributed by atoms with van der Waals surface area (Å²) in [5.41, 5.74) is 9.17. The van der Waals surface area contributed by atoms with Crippen LogP contribution in [0.3, 0.4) is 0 Å². The van der Waals surface area contributed by atoms with Crippen molar-refractivity contribution in [2.24, 2.45) is 5.73 Å². The second-order valence-corrected chi connectivity index (χ2v) is 11.2. The van der Waals surface area contributed by atoms with Crippen LogP contribution in [-0.2, 0) is 33.8 Å². The van der Waals surface area contributed by atoms with Crippen molar-refractivity contribution >= 4 is 34.2 Å². The first-order valence-corrected chi connectivity index (χ1v) is 14.7. The van der Waals surface area contributed by atoms with E-state index in [1.807, 2.05) is 65.6 Å². The number of benzene rings is 4. The number of fused-ring (bicyclic) bond motifs is 1. The van der Waals surface area contributed by atoms with Gasteiger partial charge in [0.1, 0.15) is 12.1 Å². The quantitative estimate of drug-likeness (QED) is 0.247. The normalized spacial score (nSPS) is 16.6. The minimum atomic E-state index is -0.918. The average molecular weight is 585 g/mol. The fourth-order valence-electron chi connectivity index (χ4n) is 5.35. The van der Waals surface area contributed by atoms with Crippen LogP contribution >= 0.6 is 11.6 Å². The zero-order chi connectivity index (χ0) is 29.3. The third-order valence-corrected chi connectivity index (χ3v) is 7.97. The topological polar surface area (TPSA) is 96.7 Å². The lowest BCUT2D eigenvalue weighted by Crippen LogP contribution is -2.59. The standard InChI is InChI=1S/C34H37ClN4O3/c35-30-13-7-6-12-28(30)20-32(38-33(40)31(36)23-42-22-24-8-2-1-3-9-24)34(41)39-17-16-37-29(21-39)19-25-14-15-26-10-4-5-11-27(26)18-25/h1-15,18,29,31-32,37H,16-17,19-23,36H2,(H,38,40)/t29?,31?,32-/m1/s1. The third kappa shape index (κ3) is 7.95. The first-order valence-electron chi connectivity index (χ1n) is 14.4. The molecule has 8 heteroatoms. The second kappa shape index (κ2) is 14.4. The van der Waals surface area contributed by atoms with Gasteiger partial charge in [-0.05, 0) is 39.9 Å². The molecule has 3 atom stereocenters. The van der Waals surface area contributed by atoms with Gasteiger partial charge >= 0.3 is 0 Å². The van der Waals surface area contributed by atoms with Gasteiger partial charge in [-0.2, -0.15) is 0 Å². The molecule has 4 N–H and O–H groups in total. The van der Waals surface area contributed by atoms with Gasteiger partial charge in [-0.3, -0.25) is 9.59 Å². The zero-order valence-corrected chi connectivity index (χ0v) is 24.3. The molecule has 0 bridgehead atoms. The summed E-state index contributed by atoms with van der Waals surface area (Å²) in [5.74, 6) is -0.581. The number of nitrogens with two attached hydrogens (primary N) is 1. The highest BCUT2D eigenvalue weighted by atomic mass is 35.5. The smallest absolute Gasteiger partial charge is 0.245 e. The molecule has 2 amide bonds. The van der Waals surface area contributed by atoms with E-state index < -0.39 is 18.0 Å². The number of hydrogen-bond donors (Lipinski definition) is 3. The van der Waals surface area contributed by atoms with Crippen molar-refractivity contribution in [2.75, 3.05) is 26.2 Å². The zero-order valence-electron chi connectivity index (χ0n) is 23.5. The van der Waals surface area contributed by atoms with Gasteiger partial charge in [0, 0.05) is 37.1 Å². The Morgan fingerprint density at radius 3 is 2.50 bits per heavy atom. The van der Waals surface area contributed by atoms with E-state index in [0.717, 1.165) is 17.5 Å². The number of ether oxygens (including phenoxy) is 1. The van der Waals surface area contributed by atoms with Crippen molar-refractivity contribution < 1.29 is 14.3 Å². The molecular weight excluding hydrogens is 548 g/mol. The monoisotopic (exact) mass is 584 g/mol. The molecular formula is C34H37ClN4O3. The molecule has 1 aliphatic rings. The Morgan fingerprint density at radius 2 is 1.69 bits per heavy atom. The van der Waals surface area contributed by atoms with Gasteiger partial charge < -0.3 is 26.0 Å². The molecule has 0 radical (unpaired) electrons. The van der Waals surface area contributed by atoms with Crippen LogP contribution in [-0.4, -0.2) is 61.1 Å². The minimum Gasteiger partial charge on any atom is -0.375 e. The summed E-state index contributed by atoms with van der Waals surface area (Å²) in [7, 11) is 0. The van der Waals surface area contributed by atoms with Gasteiger partial charge in [0.2, 0.25) is 11.8 Å². The molecule has 4 aromatic rings. The van der Waals surface area contributed by atoms with Crippen molar-refractivity contribution in [2.45, 2.75) is 37.6 Å². The van der Waals surface area contributed by atoms with E-state index in [0.29, 0.717) is 31.3 Å². The molecule has 4 aromatic carbocycles. The molecule has 0 spiro atoms. The molecule has 1 heterocycles. The average Bonchev–Trinajstić information content (AvgIpc) is 3.02. The number of amides is 2. The van der Waals surface area contributed by atoms with Gasteiger partial charge in [0.05, 0.1) is 13.2 Å². The van der Waals surface area contributed by atoms with E-state index in [2.05, 4.69) is 41.0 Å². The largest absolute Gasteiger partial charge is 0.375 e. The maximum Gasteiger partial charge on any atom is 0.245 e. The van der Waals surface area contributed by atoms with Crippen LogP contribution < -0.4 is 16.4 Å².